The predicted molar refractivity (Wildman–Crippen MR) is 45.7 cm³/mol. The van der Waals surface area contributed by atoms with Crippen LogP contribution in [0.3, 0.4) is 0 Å². The van der Waals surface area contributed by atoms with Gasteiger partial charge in [0.05, 0.1) is 25.5 Å². The number of rotatable bonds is 6. The van der Waals surface area contributed by atoms with Crippen molar-refractivity contribution in [3.8, 4) is 0 Å². The van der Waals surface area contributed by atoms with Crippen LogP contribution in [0.2, 0.25) is 0 Å². The van der Waals surface area contributed by atoms with Gasteiger partial charge >= 0.3 is 0 Å². The van der Waals surface area contributed by atoms with E-state index in [9.17, 15) is 0 Å². The summed E-state index contributed by atoms with van der Waals surface area (Å²) in [5, 5.41) is 7.65. The number of methoxy groups -OCH3 is 1. The fourth-order valence-corrected chi connectivity index (χ4v) is 0.798. The van der Waals surface area contributed by atoms with Crippen LogP contribution >= 0.6 is 0 Å². The average molecular weight is 186 g/mol. The van der Waals surface area contributed by atoms with E-state index in [0.29, 0.717) is 19.8 Å². The van der Waals surface area contributed by atoms with Crippen molar-refractivity contribution in [3.63, 3.8) is 0 Å². The Labute approximate surface area is 76.8 Å². The molecule has 0 aliphatic carbocycles. The molecular formula is C7H14N4O2. The average Bonchev–Trinajstić information content (AvgIpc) is 2.51. The van der Waals surface area contributed by atoms with E-state index in [2.05, 4.69) is 15.8 Å². The molecule has 1 aromatic heterocycles. The molecule has 1 N–H and O–H groups in total. The summed E-state index contributed by atoms with van der Waals surface area (Å²) in [4.78, 5) is 5.04. The van der Waals surface area contributed by atoms with Crippen LogP contribution in [-0.4, -0.2) is 35.3 Å². The molecule has 0 saturated heterocycles. The SMILES string of the molecule is COCCONCc1cn(C)nn1. The zero-order valence-electron chi connectivity index (χ0n) is 7.86. The summed E-state index contributed by atoms with van der Waals surface area (Å²) in [6.45, 7) is 1.65. The van der Waals surface area contributed by atoms with E-state index < -0.39 is 0 Å². The fraction of sp³-hybridized carbons (Fsp3) is 0.714. The molecule has 6 heteroatoms. The lowest BCUT2D eigenvalue weighted by Crippen LogP contribution is -2.17. The molecule has 0 aromatic carbocycles. The molecule has 1 aromatic rings. The first-order valence-electron chi connectivity index (χ1n) is 4.01. The lowest BCUT2D eigenvalue weighted by Gasteiger charge is -2.02. The Morgan fingerprint density at radius 1 is 1.54 bits per heavy atom. The zero-order valence-corrected chi connectivity index (χ0v) is 7.86. The van der Waals surface area contributed by atoms with Crippen LogP contribution in [0.4, 0.5) is 0 Å². The van der Waals surface area contributed by atoms with Gasteiger partial charge in [0.15, 0.2) is 0 Å². The molecule has 13 heavy (non-hydrogen) atoms. The predicted octanol–water partition coefficient (Wildman–Crippen LogP) is -0.517. The van der Waals surface area contributed by atoms with Crippen molar-refractivity contribution in [3.05, 3.63) is 11.9 Å². The third-order valence-corrected chi connectivity index (χ3v) is 1.39. The fourth-order valence-electron chi connectivity index (χ4n) is 0.798. The Morgan fingerprint density at radius 2 is 2.38 bits per heavy atom. The number of nitrogens with one attached hydrogen (secondary N) is 1. The third-order valence-electron chi connectivity index (χ3n) is 1.39. The zero-order chi connectivity index (χ0) is 9.52. The van der Waals surface area contributed by atoms with Gasteiger partial charge < -0.3 is 4.74 Å². The Balaban J connectivity index is 2.06. The highest BCUT2D eigenvalue weighted by Crippen LogP contribution is 1.89. The van der Waals surface area contributed by atoms with Gasteiger partial charge in [0.1, 0.15) is 0 Å². The highest BCUT2D eigenvalue weighted by Gasteiger charge is 1.96. The van der Waals surface area contributed by atoms with Gasteiger partial charge in [0.2, 0.25) is 0 Å². The van der Waals surface area contributed by atoms with Crippen molar-refractivity contribution >= 4 is 0 Å². The third kappa shape index (κ3) is 3.97. The number of hydrogen-bond donors (Lipinski definition) is 1. The minimum absolute atomic E-state index is 0.525. The molecule has 6 nitrogen and oxygen atoms in total. The van der Waals surface area contributed by atoms with Crippen molar-refractivity contribution < 1.29 is 9.57 Å². The van der Waals surface area contributed by atoms with Crippen LogP contribution in [0.25, 0.3) is 0 Å². The van der Waals surface area contributed by atoms with Gasteiger partial charge in [-0.05, 0) is 0 Å². The second-order valence-corrected chi connectivity index (χ2v) is 2.55. The summed E-state index contributed by atoms with van der Waals surface area (Å²) in [7, 11) is 3.45. The second kappa shape index (κ2) is 5.63. The largest absolute Gasteiger partial charge is 0.382 e. The van der Waals surface area contributed by atoms with E-state index in [1.54, 1.807) is 11.8 Å². The molecule has 0 spiro atoms. The van der Waals surface area contributed by atoms with Gasteiger partial charge in [-0.15, -0.1) is 5.10 Å². The van der Waals surface area contributed by atoms with Crippen molar-refractivity contribution in [1.82, 2.24) is 20.5 Å². The number of aromatic nitrogens is 3. The first kappa shape index (κ1) is 10.1. The molecule has 0 saturated carbocycles. The van der Waals surface area contributed by atoms with Gasteiger partial charge in [0, 0.05) is 20.4 Å². The van der Waals surface area contributed by atoms with Crippen molar-refractivity contribution in [2.45, 2.75) is 6.54 Å². The standard InChI is InChI=1S/C7H14N4O2/c1-11-6-7(9-10-11)5-8-13-4-3-12-2/h6,8H,3-5H2,1-2H3. The summed E-state index contributed by atoms with van der Waals surface area (Å²) in [6, 6.07) is 0. The monoisotopic (exact) mass is 186 g/mol. The Kier molecular flexibility index (Phi) is 4.37. The maximum atomic E-state index is 5.04. The van der Waals surface area contributed by atoms with E-state index in [1.165, 1.54) is 0 Å². The van der Waals surface area contributed by atoms with Gasteiger partial charge in [-0.25, -0.2) is 0 Å². The Morgan fingerprint density at radius 3 is 3.00 bits per heavy atom. The van der Waals surface area contributed by atoms with Crippen LogP contribution in [0.15, 0.2) is 6.20 Å². The summed E-state index contributed by atoms with van der Waals surface area (Å²) in [6.07, 6.45) is 1.83. The maximum absolute atomic E-state index is 5.04. The number of nitrogens with zero attached hydrogens (tertiary/aromatic N) is 3. The lowest BCUT2D eigenvalue weighted by atomic mass is 10.5. The van der Waals surface area contributed by atoms with Crippen LogP contribution in [0.1, 0.15) is 5.69 Å². The normalized spacial score (nSPS) is 10.6. The number of ether oxygens (including phenoxy) is 1. The van der Waals surface area contributed by atoms with Crippen LogP contribution in [-0.2, 0) is 23.2 Å². The highest BCUT2D eigenvalue weighted by molar-refractivity contribution is 4.89. The molecule has 1 rings (SSSR count). The van der Waals surface area contributed by atoms with Crippen molar-refractivity contribution in [2.24, 2.45) is 7.05 Å². The smallest absolute Gasteiger partial charge is 0.0988 e. The molecule has 0 atom stereocenters. The van der Waals surface area contributed by atoms with E-state index >= 15 is 0 Å². The molecule has 0 fully saturated rings. The molecule has 0 aliphatic heterocycles. The van der Waals surface area contributed by atoms with Gasteiger partial charge in [0.25, 0.3) is 0 Å². The molecule has 0 radical (unpaired) electrons. The lowest BCUT2D eigenvalue weighted by molar-refractivity contribution is 0.00297. The molecule has 0 bridgehead atoms. The second-order valence-electron chi connectivity index (χ2n) is 2.55. The molecule has 0 aliphatic rings. The van der Waals surface area contributed by atoms with Crippen molar-refractivity contribution in [1.29, 1.82) is 0 Å². The van der Waals surface area contributed by atoms with Crippen LogP contribution in [0.5, 0.6) is 0 Å². The Bertz CT molecular complexity index is 238. The van der Waals surface area contributed by atoms with Crippen molar-refractivity contribution in [2.75, 3.05) is 20.3 Å². The quantitative estimate of drug-likeness (QED) is 0.478. The van der Waals surface area contributed by atoms with E-state index in [1.807, 2.05) is 13.2 Å². The molecule has 0 amide bonds. The van der Waals surface area contributed by atoms with Crippen LogP contribution < -0.4 is 5.48 Å². The minimum Gasteiger partial charge on any atom is -0.382 e. The summed E-state index contributed by atoms with van der Waals surface area (Å²) >= 11 is 0. The highest BCUT2D eigenvalue weighted by atomic mass is 16.7. The van der Waals surface area contributed by atoms with Gasteiger partial charge in [-0.2, -0.15) is 5.48 Å². The minimum atomic E-state index is 0.525. The maximum Gasteiger partial charge on any atom is 0.0988 e. The Hall–Kier alpha value is -0.980. The first-order valence-corrected chi connectivity index (χ1v) is 4.01. The molecule has 0 unspecified atom stereocenters. The summed E-state index contributed by atoms with van der Waals surface area (Å²) in [5.74, 6) is 0. The summed E-state index contributed by atoms with van der Waals surface area (Å²) in [5.41, 5.74) is 3.60. The van der Waals surface area contributed by atoms with Gasteiger partial charge in [-0.1, -0.05) is 5.21 Å². The van der Waals surface area contributed by atoms with E-state index in [4.69, 9.17) is 9.57 Å². The number of aryl methyl sites for hydroxylation is 1. The molecular weight excluding hydrogens is 172 g/mol. The first-order chi connectivity index (χ1) is 6.33. The topological polar surface area (TPSA) is 61.2 Å². The van der Waals surface area contributed by atoms with Gasteiger partial charge in [-0.3, -0.25) is 9.52 Å². The van der Waals surface area contributed by atoms with E-state index in [0.717, 1.165) is 5.69 Å². The number of hydroxylamine groups is 1. The van der Waals surface area contributed by atoms with Crippen LogP contribution in [0, 0.1) is 0 Å². The number of hydrogen-bond acceptors (Lipinski definition) is 5. The van der Waals surface area contributed by atoms with E-state index in [-0.39, 0.29) is 0 Å². The molecule has 74 valence electrons. The molecule has 1 heterocycles. The summed E-state index contributed by atoms with van der Waals surface area (Å²) < 4.78 is 6.45.